The van der Waals surface area contributed by atoms with Gasteiger partial charge in [0.2, 0.25) is 5.78 Å². The molecule has 1 aliphatic heterocycles. The molecule has 4 rings (SSSR count). The number of Topliss-reactive ketones (excluding diaryl/α,β-unsaturated/α-hetero) is 1. The number of hydrogen-bond donors (Lipinski definition) is 0. The number of aryl methyl sites for hydroxylation is 1. The molecule has 3 aromatic rings. The molecule has 0 fully saturated rings. The number of fused-ring (bicyclic) bond motifs is 1. The second-order valence-electron chi connectivity index (χ2n) is 6.14. The van der Waals surface area contributed by atoms with E-state index in [1.165, 1.54) is 23.5 Å². The molecule has 1 aromatic heterocycles. The van der Waals surface area contributed by atoms with Gasteiger partial charge in [0.15, 0.2) is 0 Å². The SMILES string of the molecule is Cc1cccc(Cl)c1C1N=Cc2sc(Cc3cccc(F)c3)nc2C1=O. The van der Waals surface area contributed by atoms with Crippen LogP contribution >= 0.6 is 22.9 Å². The third-order valence-electron chi connectivity index (χ3n) is 4.31. The Morgan fingerprint density at radius 2 is 2.04 bits per heavy atom. The van der Waals surface area contributed by atoms with E-state index >= 15 is 0 Å². The van der Waals surface area contributed by atoms with E-state index in [1.54, 1.807) is 18.3 Å². The van der Waals surface area contributed by atoms with Crippen molar-refractivity contribution in [1.29, 1.82) is 0 Å². The Morgan fingerprint density at radius 1 is 1.23 bits per heavy atom. The molecule has 0 bridgehead atoms. The standard InChI is InChI=1S/C20H14ClFN2OS/c1-11-4-2-7-14(21)17(11)19-20(25)18-15(10-23-19)26-16(24-18)9-12-5-3-6-13(22)8-12/h2-8,10,19H,9H2,1H3. The number of nitrogens with zero attached hydrogens (tertiary/aromatic N) is 2. The summed E-state index contributed by atoms with van der Waals surface area (Å²) < 4.78 is 13.4. The van der Waals surface area contributed by atoms with Gasteiger partial charge in [-0.05, 0) is 36.2 Å². The maximum Gasteiger partial charge on any atom is 0.211 e. The molecule has 1 unspecified atom stereocenters. The Balaban J connectivity index is 1.66. The highest BCUT2D eigenvalue weighted by atomic mass is 35.5. The highest BCUT2D eigenvalue weighted by molar-refractivity contribution is 7.13. The summed E-state index contributed by atoms with van der Waals surface area (Å²) in [6.45, 7) is 1.91. The molecule has 2 heterocycles. The highest BCUT2D eigenvalue weighted by Gasteiger charge is 2.31. The van der Waals surface area contributed by atoms with E-state index in [-0.39, 0.29) is 11.6 Å². The normalized spacial score (nSPS) is 16.0. The van der Waals surface area contributed by atoms with Crippen molar-refractivity contribution < 1.29 is 9.18 Å². The largest absolute Gasteiger partial charge is 0.290 e. The lowest BCUT2D eigenvalue weighted by atomic mass is 9.95. The third kappa shape index (κ3) is 3.08. The number of benzene rings is 2. The van der Waals surface area contributed by atoms with Gasteiger partial charge in [0.1, 0.15) is 17.6 Å². The fourth-order valence-corrected chi connectivity index (χ4v) is 4.39. The summed E-state index contributed by atoms with van der Waals surface area (Å²) in [5.74, 6) is -0.434. The monoisotopic (exact) mass is 384 g/mol. The molecule has 0 radical (unpaired) electrons. The molecule has 0 saturated carbocycles. The Morgan fingerprint density at radius 3 is 2.81 bits per heavy atom. The first-order valence-corrected chi connectivity index (χ1v) is 9.29. The van der Waals surface area contributed by atoms with E-state index in [0.29, 0.717) is 17.1 Å². The molecule has 0 saturated heterocycles. The number of carbonyl (C=O) groups is 1. The summed E-state index contributed by atoms with van der Waals surface area (Å²) in [4.78, 5) is 22.6. The average Bonchev–Trinajstić information content (AvgIpc) is 3.00. The summed E-state index contributed by atoms with van der Waals surface area (Å²) >= 11 is 7.71. The van der Waals surface area contributed by atoms with Gasteiger partial charge >= 0.3 is 0 Å². The summed E-state index contributed by atoms with van der Waals surface area (Å²) in [6.07, 6.45) is 2.17. The van der Waals surface area contributed by atoms with Crippen molar-refractivity contribution in [3.8, 4) is 0 Å². The number of aromatic nitrogens is 1. The zero-order valence-corrected chi connectivity index (χ0v) is 15.4. The first kappa shape index (κ1) is 17.1. The highest BCUT2D eigenvalue weighted by Crippen LogP contribution is 2.35. The van der Waals surface area contributed by atoms with Gasteiger partial charge in [0, 0.05) is 23.2 Å². The van der Waals surface area contributed by atoms with Crippen LogP contribution in [0.4, 0.5) is 4.39 Å². The predicted octanol–water partition coefficient (Wildman–Crippen LogP) is 5.19. The van der Waals surface area contributed by atoms with Crippen LogP contribution in [0.2, 0.25) is 5.02 Å². The quantitative estimate of drug-likeness (QED) is 0.623. The van der Waals surface area contributed by atoms with E-state index in [1.807, 2.05) is 25.1 Å². The molecule has 3 nitrogen and oxygen atoms in total. The molecule has 0 spiro atoms. The number of thiazole rings is 1. The van der Waals surface area contributed by atoms with Gasteiger partial charge in [-0.15, -0.1) is 11.3 Å². The second kappa shape index (κ2) is 6.74. The maximum atomic E-state index is 13.4. The van der Waals surface area contributed by atoms with Gasteiger partial charge in [0.05, 0.1) is 9.88 Å². The molecule has 0 N–H and O–H groups in total. The van der Waals surface area contributed by atoms with Crippen molar-refractivity contribution in [3.63, 3.8) is 0 Å². The van der Waals surface area contributed by atoms with Gasteiger partial charge < -0.3 is 0 Å². The fraction of sp³-hybridized carbons (Fsp3) is 0.150. The molecule has 0 amide bonds. The van der Waals surface area contributed by atoms with Crippen molar-refractivity contribution >= 4 is 34.9 Å². The van der Waals surface area contributed by atoms with Gasteiger partial charge in [-0.1, -0.05) is 35.9 Å². The van der Waals surface area contributed by atoms with Crippen LogP contribution in [-0.4, -0.2) is 17.0 Å². The minimum Gasteiger partial charge on any atom is -0.290 e. The van der Waals surface area contributed by atoms with Crippen LogP contribution in [-0.2, 0) is 6.42 Å². The van der Waals surface area contributed by atoms with Gasteiger partial charge in [-0.25, -0.2) is 9.37 Å². The Hall–Kier alpha value is -2.37. The first-order chi connectivity index (χ1) is 12.5. The summed E-state index contributed by atoms with van der Waals surface area (Å²) in [6, 6.07) is 11.3. The smallest absolute Gasteiger partial charge is 0.211 e. The molecule has 6 heteroatoms. The van der Waals surface area contributed by atoms with Gasteiger partial charge in [-0.3, -0.25) is 9.79 Å². The Labute approximate surface area is 159 Å². The Kier molecular flexibility index (Phi) is 4.42. The topological polar surface area (TPSA) is 42.3 Å². The zero-order valence-electron chi connectivity index (χ0n) is 13.9. The van der Waals surface area contributed by atoms with Gasteiger partial charge in [0.25, 0.3) is 0 Å². The summed E-state index contributed by atoms with van der Waals surface area (Å²) in [5.41, 5.74) is 2.88. The van der Waals surface area contributed by atoms with Crippen LogP contribution < -0.4 is 0 Å². The Bertz CT molecular complexity index is 1020. The molecular formula is C20H14ClFN2OS. The molecule has 26 heavy (non-hydrogen) atoms. The van der Waals surface area contributed by atoms with Crippen molar-refractivity contribution in [2.24, 2.45) is 4.99 Å². The average molecular weight is 385 g/mol. The number of rotatable bonds is 3. The van der Waals surface area contributed by atoms with Crippen molar-refractivity contribution in [3.05, 3.63) is 85.6 Å². The van der Waals surface area contributed by atoms with Crippen LogP contribution in [0.25, 0.3) is 0 Å². The molecular weight excluding hydrogens is 371 g/mol. The third-order valence-corrected chi connectivity index (χ3v) is 5.63. The van der Waals surface area contributed by atoms with E-state index < -0.39 is 6.04 Å². The van der Waals surface area contributed by atoms with E-state index in [0.717, 1.165) is 26.6 Å². The van der Waals surface area contributed by atoms with Crippen LogP contribution in [0.5, 0.6) is 0 Å². The van der Waals surface area contributed by atoms with Crippen LogP contribution in [0.1, 0.15) is 43.1 Å². The van der Waals surface area contributed by atoms with E-state index in [4.69, 9.17) is 11.6 Å². The molecule has 2 aromatic carbocycles. The molecule has 1 atom stereocenters. The fourth-order valence-electron chi connectivity index (χ4n) is 3.08. The minimum absolute atomic E-state index is 0.152. The number of carbonyl (C=O) groups excluding carboxylic acids is 1. The maximum absolute atomic E-state index is 13.4. The van der Waals surface area contributed by atoms with Crippen molar-refractivity contribution in [2.75, 3.05) is 0 Å². The van der Waals surface area contributed by atoms with Crippen molar-refractivity contribution in [1.82, 2.24) is 4.98 Å². The summed E-state index contributed by atoms with van der Waals surface area (Å²) in [7, 11) is 0. The lowest BCUT2D eigenvalue weighted by Gasteiger charge is -2.17. The molecule has 0 aliphatic carbocycles. The lowest BCUT2D eigenvalue weighted by molar-refractivity contribution is 0.0956. The minimum atomic E-state index is -0.666. The number of halogens is 2. The predicted molar refractivity (Wildman–Crippen MR) is 102 cm³/mol. The molecule has 130 valence electrons. The number of hydrogen-bond acceptors (Lipinski definition) is 4. The van der Waals surface area contributed by atoms with Crippen molar-refractivity contribution in [2.45, 2.75) is 19.4 Å². The first-order valence-electron chi connectivity index (χ1n) is 8.09. The zero-order chi connectivity index (χ0) is 18.3. The number of ketones is 1. The van der Waals surface area contributed by atoms with Crippen LogP contribution in [0, 0.1) is 12.7 Å². The lowest BCUT2D eigenvalue weighted by Crippen LogP contribution is -2.18. The second-order valence-corrected chi connectivity index (χ2v) is 7.66. The number of aliphatic imine (C=N–C) groups is 1. The molecule has 1 aliphatic rings. The van der Waals surface area contributed by atoms with Crippen LogP contribution in [0.3, 0.4) is 0 Å². The summed E-state index contributed by atoms with van der Waals surface area (Å²) in [5, 5.41) is 1.29. The van der Waals surface area contributed by atoms with E-state index in [2.05, 4.69) is 9.98 Å². The van der Waals surface area contributed by atoms with Crippen LogP contribution in [0.15, 0.2) is 47.5 Å². The van der Waals surface area contributed by atoms with E-state index in [9.17, 15) is 9.18 Å². The van der Waals surface area contributed by atoms with Gasteiger partial charge in [-0.2, -0.15) is 0 Å².